The van der Waals surface area contributed by atoms with Gasteiger partial charge in [-0.25, -0.2) is 18.1 Å². The summed E-state index contributed by atoms with van der Waals surface area (Å²) in [6, 6.07) is 2.79. The van der Waals surface area contributed by atoms with E-state index < -0.39 is 22.6 Å². The van der Waals surface area contributed by atoms with Crippen LogP contribution in [0.25, 0.3) is 0 Å². The number of hydrogen-bond acceptors (Lipinski definition) is 4. The Kier molecular flexibility index (Phi) is 5.12. The van der Waals surface area contributed by atoms with Crippen LogP contribution >= 0.6 is 0 Å². The van der Waals surface area contributed by atoms with Crippen LogP contribution in [-0.4, -0.2) is 33.2 Å². The summed E-state index contributed by atoms with van der Waals surface area (Å²) in [6.45, 7) is -0.268. The highest BCUT2D eigenvalue weighted by atomic mass is 32.2. The Bertz CT molecular complexity index is 500. The second-order valence-corrected chi connectivity index (χ2v) is 5.51. The van der Waals surface area contributed by atoms with E-state index in [0.29, 0.717) is 5.82 Å². The third-order valence-corrected chi connectivity index (χ3v) is 3.68. The van der Waals surface area contributed by atoms with Crippen LogP contribution in [0.15, 0.2) is 23.2 Å². The summed E-state index contributed by atoms with van der Waals surface area (Å²) in [7, 11) is -2.18. The van der Waals surface area contributed by atoms with Crippen molar-refractivity contribution in [2.45, 2.75) is 23.9 Å². The Hall–Kier alpha value is -1.35. The van der Waals surface area contributed by atoms with E-state index in [1.165, 1.54) is 12.1 Å². The summed E-state index contributed by atoms with van der Waals surface area (Å²) in [6.07, 6.45) is -4.46. The number of nitrogens with zero attached hydrogens (tertiary/aromatic N) is 1. The summed E-state index contributed by atoms with van der Waals surface area (Å²) in [5, 5.41) is 2.72. The molecule has 0 spiro atoms. The Labute approximate surface area is 109 Å². The Morgan fingerprint density at radius 3 is 2.47 bits per heavy atom. The number of halogens is 3. The number of anilines is 1. The first kappa shape index (κ1) is 15.7. The van der Waals surface area contributed by atoms with E-state index in [2.05, 4.69) is 15.0 Å². The van der Waals surface area contributed by atoms with Crippen LogP contribution in [0.1, 0.15) is 12.8 Å². The number of rotatable bonds is 6. The minimum absolute atomic E-state index is 0.0847. The second kappa shape index (κ2) is 6.20. The molecule has 5 nitrogen and oxygen atoms in total. The molecule has 0 saturated heterocycles. The van der Waals surface area contributed by atoms with Crippen LogP contribution in [0.4, 0.5) is 19.0 Å². The van der Waals surface area contributed by atoms with Gasteiger partial charge in [0.15, 0.2) is 0 Å². The third kappa shape index (κ3) is 5.43. The molecule has 0 saturated carbocycles. The number of alkyl halides is 3. The van der Waals surface area contributed by atoms with E-state index in [9.17, 15) is 21.6 Å². The Morgan fingerprint density at radius 2 is 2.00 bits per heavy atom. The molecule has 2 N–H and O–H groups in total. The van der Waals surface area contributed by atoms with Gasteiger partial charge in [-0.3, -0.25) is 0 Å². The second-order valence-electron chi connectivity index (χ2n) is 3.75. The fourth-order valence-electron chi connectivity index (χ4n) is 1.27. The fraction of sp³-hybridized carbons (Fsp3) is 0.500. The molecule has 0 aliphatic carbocycles. The summed E-state index contributed by atoms with van der Waals surface area (Å²) in [5.41, 5.74) is 0. The van der Waals surface area contributed by atoms with Crippen molar-refractivity contribution in [3.8, 4) is 0 Å². The smallest absolute Gasteiger partial charge is 0.373 e. The average Bonchev–Trinajstić information content (AvgIpc) is 2.34. The summed E-state index contributed by atoms with van der Waals surface area (Å²) in [5.74, 6) is 0.496. The van der Waals surface area contributed by atoms with Crippen molar-refractivity contribution in [2.24, 2.45) is 0 Å². The lowest BCUT2D eigenvalue weighted by Crippen LogP contribution is -2.26. The summed E-state index contributed by atoms with van der Waals surface area (Å²) >= 11 is 0. The van der Waals surface area contributed by atoms with Gasteiger partial charge in [-0.05, 0) is 18.6 Å². The standard InChI is InChI=1S/C10H14F3N3O2S/c1-14-9-4-3-8(7-15-9)19(17,18)16-6-2-5-10(11,12)13/h3-4,7,16H,2,5-6H2,1H3,(H,14,15). The normalized spacial score (nSPS) is 12.4. The van der Waals surface area contributed by atoms with Gasteiger partial charge in [0.1, 0.15) is 10.7 Å². The minimum Gasteiger partial charge on any atom is -0.373 e. The molecule has 0 aliphatic heterocycles. The highest BCUT2D eigenvalue weighted by molar-refractivity contribution is 7.89. The lowest BCUT2D eigenvalue weighted by atomic mass is 10.3. The summed E-state index contributed by atoms with van der Waals surface area (Å²) in [4.78, 5) is 3.74. The van der Waals surface area contributed by atoms with Gasteiger partial charge >= 0.3 is 6.18 Å². The van der Waals surface area contributed by atoms with Crippen molar-refractivity contribution in [3.63, 3.8) is 0 Å². The Balaban J connectivity index is 2.56. The molecule has 9 heteroatoms. The SMILES string of the molecule is CNc1ccc(S(=O)(=O)NCCCC(F)(F)F)cn1. The zero-order valence-electron chi connectivity index (χ0n) is 10.2. The van der Waals surface area contributed by atoms with Gasteiger partial charge in [0.2, 0.25) is 10.0 Å². The Morgan fingerprint density at radius 1 is 1.32 bits per heavy atom. The molecule has 0 amide bonds. The van der Waals surface area contributed by atoms with Crippen molar-refractivity contribution < 1.29 is 21.6 Å². The van der Waals surface area contributed by atoms with Crippen molar-refractivity contribution in [1.82, 2.24) is 9.71 Å². The molecule has 0 unspecified atom stereocenters. The van der Waals surface area contributed by atoms with Gasteiger partial charge in [-0.15, -0.1) is 0 Å². The highest BCUT2D eigenvalue weighted by Crippen LogP contribution is 2.21. The number of sulfonamides is 1. The first-order valence-corrected chi connectivity index (χ1v) is 6.93. The molecule has 0 atom stereocenters. The molecule has 108 valence electrons. The molecular weight excluding hydrogens is 283 g/mol. The van der Waals surface area contributed by atoms with Crippen LogP contribution in [0.5, 0.6) is 0 Å². The number of pyridine rings is 1. The maximum absolute atomic E-state index is 11.9. The van der Waals surface area contributed by atoms with E-state index in [0.717, 1.165) is 6.20 Å². The quantitative estimate of drug-likeness (QED) is 0.785. The lowest BCUT2D eigenvalue weighted by Gasteiger charge is -2.08. The first-order valence-electron chi connectivity index (χ1n) is 5.45. The van der Waals surface area contributed by atoms with E-state index in [-0.39, 0.29) is 17.9 Å². The van der Waals surface area contributed by atoms with E-state index in [1.54, 1.807) is 7.05 Å². The fourth-order valence-corrected chi connectivity index (χ4v) is 2.28. The van der Waals surface area contributed by atoms with Crippen LogP contribution < -0.4 is 10.0 Å². The maximum atomic E-state index is 11.9. The molecule has 1 aromatic heterocycles. The molecule has 19 heavy (non-hydrogen) atoms. The van der Waals surface area contributed by atoms with Gasteiger partial charge in [0, 0.05) is 26.2 Å². The van der Waals surface area contributed by atoms with E-state index >= 15 is 0 Å². The monoisotopic (exact) mass is 297 g/mol. The number of nitrogens with one attached hydrogen (secondary N) is 2. The van der Waals surface area contributed by atoms with Gasteiger partial charge in [0.25, 0.3) is 0 Å². The molecule has 0 radical (unpaired) electrons. The predicted molar refractivity (Wildman–Crippen MR) is 64.3 cm³/mol. The van der Waals surface area contributed by atoms with Crippen LogP contribution in [-0.2, 0) is 10.0 Å². The van der Waals surface area contributed by atoms with Gasteiger partial charge in [0.05, 0.1) is 0 Å². The third-order valence-electron chi connectivity index (χ3n) is 2.23. The van der Waals surface area contributed by atoms with Crippen LogP contribution in [0.2, 0.25) is 0 Å². The predicted octanol–water partition coefficient (Wildman–Crippen LogP) is 1.74. The molecule has 1 rings (SSSR count). The van der Waals surface area contributed by atoms with Crippen LogP contribution in [0, 0.1) is 0 Å². The molecule has 1 heterocycles. The van der Waals surface area contributed by atoms with Crippen LogP contribution in [0.3, 0.4) is 0 Å². The molecular formula is C10H14F3N3O2S. The largest absolute Gasteiger partial charge is 0.389 e. The zero-order valence-corrected chi connectivity index (χ0v) is 11.0. The topological polar surface area (TPSA) is 71.1 Å². The molecule has 0 aromatic carbocycles. The zero-order chi connectivity index (χ0) is 14.5. The number of hydrogen-bond donors (Lipinski definition) is 2. The molecule has 0 aliphatic rings. The van der Waals surface area contributed by atoms with Crippen molar-refractivity contribution >= 4 is 15.8 Å². The van der Waals surface area contributed by atoms with Gasteiger partial charge in [-0.2, -0.15) is 13.2 Å². The summed E-state index contributed by atoms with van der Waals surface area (Å²) < 4.78 is 61.2. The van der Waals surface area contributed by atoms with Gasteiger partial charge < -0.3 is 5.32 Å². The van der Waals surface area contributed by atoms with Gasteiger partial charge in [-0.1, -0.05) is 0 Å². The first-order chi connectivity index (χ1) is 8.74. The van der Waals surface area contributed by atoms with E-state index in [4.69, 9.17) is 0 Å². The van der Waals surface area contributed by atoms with Crippen molar-refractivity contribution in [2.75, 3.05) is 18.9 Å². The maximum Gasteiger partial charge on any atom is 0.389 e. The molecule has 0 bridgehead atoms. The lowest BCUT2D eigenvalue weighted by molar-refractivity contribution is -0.135. The van der Waals surface area contributed by atoms with Crippen molar-refractivity contribution in [3.05, 3.63) is 18.3 Å². The van der Waals surface area contributed by atoms with Crippen molar-refractivity contribution in [1.29, 1.82) is 0 Å². The molecule has 0 fully saturated rings. The molecule has 1 aromatic rings. The highest BCUT2D eigenvalue weighted by Gasteiger charge is 2.26. The van der Waals surface area contributed by atoms with E-state index in [1.807, 2.05) is 0 Å². The average molecular weight is 297 g/mol. The minimum atomic E-state index is -4.28. The number of aromatic nitrogens is 1.